The first-order valence-electron chi connectivity index (χ1n) is 11.1. The minimum absolute atomic E-state index is 0.223. The van der Waals surface area contributed by atoms with Gasteiger partial charge < -0.3 is 0 Å². The molecule has 1 fully saturated rings. The molecule has 6 nitrogen and oxygen atoms in total. The highest BCUT2D eigenvalue weighted by Crippen LogP contribution is 2.79. The lowest BCUT2D eigenvalue weighted by molar-refractivity contribution is -0.126. The highest BCUT2D eigenvalue weighted by Gasteiger charge is 2.91. The first-order chi connectivity index (χ1) is 16.4. The Morgan fingerprint density at radius 3 is 1.62 bits per heavy atom. The van der Waals surface area contributed by atoms with Crippen LogP contribution in [-0.4, -0.2) is 23.2 Å². The van der Waals surface area contributed by atoms with Crippen LogP contribution in [0.5, 0.6) is 0 Å². The predicted octanol–water partition coefficient (Wildman–Crippen LogP) is 5.26. The molecule has 6 rings (SSSR count). The van der Waals surface area contributed by atoms with E-state index in [9.17, 15) is 9.59 Å². The first-order valence-corrected chi connectivity index (χ1v) is 11.5. The van der Waals surface area contributed by atoms with E-state index in [0.29, 0.717) is 27.8 Å². The van der Waals surface area contributed by atoms with Crippen LogP contribution in [0.4, 0.5) is 11.4 Å². The number of nitrogens with zero attached hydrogens (tertiary/aromatic N) is 4. The molecule has 0 aromatic heterocycles. The minimum Gasteiger partial charge on any atom is -0.271 e. The molecule has 0 bridgehead atoms. The SMILES string of the molecule is CC1=NN(c2ccccc2)C(=O)[C@]12C(c1cccc(Cl)c1)[C@]21C(=O)N(c2ccccc2)N=C1C. The number of fused-ring (bicyclic) bond motifs is 1. The normalized spacial score (nSPS) is 27.6. The molecule has 2 spiro atoms. The minimum atomic E-state index is -1.16. The molecular formula is C27H21ClN4O2. The van der Waals surface area contributed by atoms with Crippen molar-refractivity contribution in [2.45, 2.75) is 19.8 Å². The van der Waals surface area contributed by atoms with Gasteiger partial charge in [0.25, 0.3) is 11.8 Å². The third kappa shape index (κ3) is 2.41. The maximum absolute atomic E-state index is 14.2. The van der Waals surface area contributed by atoms with E-state index in [1.807, 2.05) is 92.7 Å². The van der Waals surface area contributed by atoms with Gasteiger partial charge in [-0.05, 0) is 55.8 Å². The number of hydrazone groups is 2. The maximum atomic E-state index is 14.2. The van der Waals surface area contributed by atoms with E-state index in [1.54, 1.807) is 6.07 Å². The molecular weight excluding hydrogens is 448 g/mol. The summed E-state index contributed by atoms with van der Waals surface area (Å²) in [6.07, 6.45) is 0. The number of para-hydroxylation sites is 2. The second-order valence-electron chi connectivity index (χ2n) is 8.88. The largest absolute Gasteiger partial charge is 0.271 e. The van der Waals surface area contributed by atoms with Gasteiger partial charge in [0.15, 0.2) is 0 Å². The van der Waals surface area contributed by atoms with Crippen molar-refractivity contribution >= 4 is 46.2 Å². The lowest BCUT2D eigenvalue weighted by Crippen LogP contribution is -2.40. The number of benzene rings is 3. The van der Waals surface area contributed by atoms with Gasteiger partial charge in [-0.1, -0.05) is 60.1 Å². The Morgan fingerprint density at radius 1 is 0.706 bits per heavy atom. The Kier molecular flexibility index (Phi) is 4.35. The second-order valence-corrected chi connectivity index (χ2v) is 9.32. The number of hydrogen-bond donors (Lipinski definition) is 0. The molecule has 3 aromatic carbocycles. The van der Waals surface area contributed by atoms with Crippen LogP contribution in [0.25, 0.3) is 0 Å². The van der Waals surface area contributed by atoms with Gasteiger partial charge in [-0.3, -0.25) is 9.59 Å². The number of halogens is 1. The zero-order valence-corrected chi connectivity index (χ0v) is 19.4. The standard InChI is InChI=1S/C27H21ClN4O2/c1-17-26(24(33)31(29-17)21-12-5-3-6-13-21)23(19-10-9-11-20(28)16-19)27(26)18(2)30-32(25(27)34)22-14-7-4-8-15-22/h3-16,23H,1-2H3/t26-,27-/m1/s1. The monoisotopic (exact) mass is 468 g/mol. The molecule has 0 N–H and O–H groups in total. The van der Waals surface area contributed by atoms with Gasteiger partial charge in [0, 0.05) is 10.9 Å². The number of carbonyl (C=O) groups is 2. The Hall–Kier alpha value is -3.77. The van der Waals surface area contributed by atoms with Crippen molar-refractivity contribution in [3.63, 3.8) is 0 Å². The highest BCUT2D eigenvalue weighted by molar-refractivity contribution is 6.37. The number of anilines is 2. The molecule has 0 radical (unpaired) electrons. The lowest BCUT2D eigenvalue weighted by atomic mass is 9.85. The van der Waals surface area contributed by atoms with Crippen LogP contribution in [-0.2, 0) is 9.59 Å². The van der Waals surface area contributed by atoms with Crippen LogP contribution >= 0.6 is 11.6 Å². The predicted molar refractivity (Wildman–Crippen MR) is 133 cm³/mol. The summed E-state index contributed by atoms with van der Waals surface area (Å²) in [5.74, 6) is -0.911. The van der Waals surface area contributed by atoms with Gasteiger partial charge in [0.1, 0.15) is 10.8 Å². The molecule has 34 heavy (non-hydrogen) atoms. The van der Waals surface area contributed by atoms with Crippen molar-refractivity contribution in [2.24, 2.45) is 21.0 Å². The molecule has 7 heteroatoms. The van der Waals surface area contributed by atoms with Crippen molar-refractivity contribution in [1.82, 2.24) is 0 Å². The van der Waals surface area contributed by atoms with Crippen LogP contribution in [0, 0.1) is 10.8 Å². The Morgan fingerprint density at radius 2 is 1.18 bits per heavy atom. The van der Waals surface area contributed by atoms with E-state index in [0.717, 1.165) is 5.56 Å². The highest BCUT2D eigenvalue weighted by atomic mass is 35.5. The average Bonchev–Trinajstić information content (AvgIpc) is 3.34. The summed E-state index contributed by atoms with van der Waals surface area (Å²) >= 11 is 6.35. The van der Waals surface area contributed by atoms with Crippen molar-refractivity contribution < 1.29 is 9.59 Å². The average molecular weight is 469 g/mol. The molecule has 3 aliphatic rings. The third-order valence-corrected chi connectivity index (χ3v) is 7.52. The van der Waals surface area contributed by atoms with Crippen molar-refractivity contribution in [2.75, 3.05) is 10.0 Å². The fourth-order valence-corrected chi connectivity index (χ4v) is 6.11. The van der Waals surface area contributed by atoms with Crippen LogP contribution in [0.3, 0.4) is 0 Å². The Balaban J connectivity index is 1.54. The molecule has 1 saturated carbocycles. The summed E-state index contributed by atoms with van der Waals surface area (Å²) in [6, 6.07) is 26.0. The van der Waals surface area contributed by atoms with Crippen LogP contribution in [0.2, 0.25) is 5.02 Å². The number of carbonyl (C=O) groups excluding carboxylic acids is 2. The summed E-state index contributed by atoms with van der Waals surface area (Å²) in [5, 5.41) is 12.8. The van der Waals surface area contributed by atoms with Gasteiger partial charge >= 0.3 is 0 Å². The third-order valence-electron chi connectivity index (χ3n) is 7.29. The van der Waals surface area contributed by atoms with E-state index in [1.165, 1.54) is 10.0 Å². The van der Waals surface area contributed by atoms with E-state index in [2.05, 4.69) is 10.2 Å². The number of hydrogen-bond acceptors (Lipinski definition) is 4. The smallest absolute Gasteiger partial charge is 0.261 e. The summed E-state index contributed by atoms with van der Waals surface area (Å²) in [4.78, 5) is 28.4. The molecule has 2 heterocycles. The molecule has 1 aliphatic carbocycles. The van der Waals surface area contributed by atoms with Crippen LogP contribution in [0.15, 0.2) is 95.1 Å². The van der Waals surface area contributed by atoms with E-state index in [4.69, 9.17) is 11.6 Å². The van der Waals surface area contributed by atoms with Gasteiger partial charge in [0.05, 0.1) is 22.8 Å². The first kappa shape index (κ1) is 20.8. The van der Waals surface area contributed by atoms with E-state index >= 15 is 0 Å². The van der Waals surface area contributed by atoms with Gasteiger partial charge in [-0.15, -0.1) is 0 Å². The van der Waals surface area contributed by atoms with Crippen molar-refractivity contribution in [3.8, 4) is 0 Å². The molecule has 2 aliphatic heterocycles. The Labute approximate surface area is 202 Å². The molecule has 2 amide bonds. The summed E-state index contributed by atoms with van der Waals surface area (Å²) in [7, 11) is 0. The zero-order valence-electron chi connectivity index (χ0n) is 18.6. The summed E-state index contributed by atoms with van der Waals surface area (Å²) in [6.45, 7) is 3.66. The fourth-order valence-electron chi connectivity index (χ4n) is 5.91. The van der Waals surface area contributed by atoms with E-state index in [-0.39, 0.29) is 11.8 Å². The Bertz CT molecular complexity index is 1320. The molecule has 2 atom stereocenters. The van der Waals surface area contributed by atoms with Gasteiger partial charge in [-0.2, -0.15) is 20.2 Å². The maximum Gasteiger partial charge on any atom is 0.261 e. The zero-order chi connectivity index (χ0) is 23.7. The molecule has 0 unspecified atom stereocenters. The number of amides is 2. The van der Waals surface area contributed by atoms with Crippen LogP contribution in [0.1, 0.15) is 25.3 Å². The summed E-state index contributed by atoms with van der Waals surface area (Å²) in [5.41, 5.74) is 1.02. The van der Waals surface area contributed by atoms with Crippen molar-refractivity contribution in [1.29, 1.82) is 0 Å². The lowest BCUT2D eigenvalue weighted by Gasteiger charge is -2.18. The van der Waals surface area contributed by atoms with E-state index < -0.39 is 16.7 Å². The second kappa shape index (κ2) is 7.11. The fraction of sp³-hybridized carbons (Fsp3) is 0.185. The quantitative estimate of drug-likeness (QED) is 0.526. The van der Waals surface area contributed by atoms with Gasteiger partial charge in [0.2, 0.25) is 0 Å². The van der Waals surface area contributed by atoms with Crippen molar-refractivity contribution in [3.05, 3.63) is 95.5 Å². The molecule has 3 aromatic rings. The topological polar surface area (TPSA) is 65.3 Å². The molecule has 0 saturated heterocycles. The van der Waals surface area contributed by atoms with Gasteiger partial charge in [-0.25, -0.2) is 0 Å². The van der Waals surface area contributed by atoms with Crippen LogP contribution < -0.4 is 10.0 Å². The molecule has 168 valence electrons. The summed E-state index contributed by atoms with van der Waals surface area (Å²) < 4.78 is 0. The number of rotatable bonds is 3.